The largest absolute Gasteiger partial charge is 0.470 e. The van der Waals surface area contributed by atoms with Crippen molar-refractivity contribution in [3.8, 4) is 16.3 Å². The van der Waals surface area contributed by atoms with E-state index in [0.29, 0.717) is 31.9 Å². The molecule has 228 valence electrons. The Balaban J connectivity index is 1.40. The monoisotopic (exact) mass is 598 g/mol. The summed E-state index contributed by atoms with van der Waals surface area (Å²) < 4.78 is 22.3. The second kappa shape index (κ2) is 14.8. The van der Waals surface area contributed by atoms with E-state index in [1.54, 1.807) is 22.3 Å². The SMILES string of the molecule is CCOC(COc1cc(C(C(=O)N2CCC[C@H]2C(=O)N[C@@H](C)c2ccc(-c3scnc3C)cc2)C(C)C)on1)OCC. The number of nitrogens with zero attached hydrogens (tertiary/aromatic N) is 3. The van der Waals surface area contributed by atoms with Gasteiger partial charge in [-0.05, 0) is 62.7 Å². The number of amides is 2. The molecule has 11 heteroatoms. The lowest BCUT2D eigenvalue weighted by Crippen LogP contribution is -2.48. The van der Waals surface area contributed by atoms with Gasteiger partial charge in [0.1, 0.15) is 18.6 Å². The van der Waals surface area contributed by atoms with Crippen molar-refractivity contribution in [1.29, 1.82) is 0 Å². The molecule has 1 saturated heterocycles. The van der Waals surface area contributed by atoms with Crippen LogP contribution in [-0.4, -0.2) is 65.6 Å². The molecule has 2 aromatic heterocycles. The van der Waals surface area contributed by atoms with Crippen molar-refractivity contribution in [3.05, 3.63) is 52.9 Å². The summed E-state index contributed by atoms with van der Waals surface area (Å²) >= 11 is 1.61. The Hall–Kier alpha value is -3.28. The van der Waals surface area contributed by atoms with E-state index in [4.69, 9.17) is 18.7 Å². The molecule has 1 aliphatic heterocycles. The highest BCUT2D eigenvalue weighted by molar-refractivity contribution is 7.13. The maximum atomic E-state index is 13.9. The predicted molar refractivity (Wildman–Crippen MR) is 160 cm³/mol. The average molecular weight is 599 g/mol. The van der Waals surface area contributed by atoms with Gasteiger partial charge in [-0.3, -0.25) is 9.59 Å². The van der Waals surface area contributed by atoms with Crippen molar-refractivity contribution in [1.82, 2.24) is 20.4 Å². The maximum Gasteiger partial charge on any atom is 0.254 e. The van der Waals surface area contributed by atoms with Crippen LogP contribution in [0.25, 0.3) is 10.4 Å². The third-order valence-electron chi connectivity index (χ3n) is 7.43. The van der Waals surface area contributed by atoms with Gasteiger partial charge in [-0.25, -0.2) is 4.98 Å². The number of aromatic nitrogens is 2. The summed E-state index contributed by atoms with van der Waals surface area (Å²) in [6.45, 7) is 13.3. The zero-order valence-electron chi connectivity index (χ0n) is 25.3. The van der Waals surface area contributed by atoms with Gasteiger partial charge in [0.05, 0.1) is 22.1 Å². The molecule has 1 aromatic carbocycles. The molecule has 0 spiro atoms. The number of carbonyl (C=O) groups excluding carboxylic acids is 2. The van der Waals surface area contributed by atoms with E-state index in [1.807, 2.05) is 59.2 Å². The number of rotatable bonds is 14. The lowest BCUT2D eigenvalue weighted by Gasteiger charge is -2.29. The molecule has 10 nitrogen and oxygen atoms in total. The summed E-state index contributed by atoms with van der Waals surface area (Å²) in [6.07, 6.45) is 0.849. The number of hydrogen-bond acceptors (Lipinski definition) is 9. The van der Waals surface area contributed by atoms with Crippen molar-refractivity contribution in [2.45, 2.75) is 78.7 Å². The van der Waals surface area contributed by atoms with Crippen molar-refractivity contribution in [2.24, 2.45) is 5.92 Å². The van der Waals surface area contributed by atoms with E-state index in [1.165, 1.54) is 0 Å². The smallest absolute Gasteiger partial charge is 0.254 e. The van der Waals surface area contributed by atoms with Crippen molar-refractivity contribution >= 4 is 23.2 Å². The topological polar surface area (TPSA) is 116 Å². The minimum Gasteiger partial charge on any atom is -0.470 e. The molecule has 2 amide bonds. The van der Waals surface area contributed by atoms with Crippen LogP contribution in [0.4, 0.5) is 0 Å². The van der Waals surface area contributed by atoms with Gasteiger partial charge >= 0.3 is 0 Å². The van der Waals surface area contributed by atoms with Gasteiger partial charge in [-0.15, -0.1) is 11.3 Å². The van der Waals surface area contributed by atoms with Gasteiger partial charge in [0, 0.05) is 25.8 Å². The van der Waals surface area contributed by atoms with Gasteiger partial charge in [0.2, 0.25) is 11.8 Å². The fourth-order valence-corrected chi connectivity index (χ4v) is 6.08. The van der Waals surface area contributed by atoms with Gasteiger partial charge in [0.15, 0.2) is 12.1 Å². The molecule has 0 aliphatic carbocycles. The highest BCUT2D eigenvalue weighted by Crippen LogP contribution is 2.33. The molecular weight excluding hydrogens is 556 g/mol. The van der Waals surface area contributed by atoms with E-state index < -0.39 is 18.2 Å². The average Bonchev–Trinajstić information content (AvgIpc) is 3.73. The third-order valence-corrected chi connectivity index (χ3v) is 8.41. The van der Waals surface area contributed by atoms with Crippen LogP contribution in [0.1, 0.15) is 76.4 Å². The van der Waals surface area contributed by atoms with Crippen LogP contribution in [0.3, 0.4) is 0 Å². The number of nitrogens with one attached hydrogen (secondary N) is 1. The minimum absolute atomic E-state index is 0.0816. The Labute approximate surface area is 251 Å². The minimum atomic E-state index is -0.599. The Bertz CT molecular complexity index is 1300. The number of hydrogen-bond donors (Lipinski definition) is 1. The van der Waals surface area contributed by atoms with E-state index in [-0.39, 0.29) is 36.3 Å². The lowest BCUT2D eigenvalue weighted by atomic mass is 9.91. The number of carbonyl (C=O) groups is 2. The number of thiazole rings is 1. The van der Waals surface area contributed by atoms with Gasteiger partial charge in [-0.2, -0.15) is 0 Å². The van der Waals surface area contributed by atoms with E-state index >= 15 is 0 Å². The summed E-state index contributed by atoms with van der Waals surface area (Å²) in [5, 5.41) is 7.14. The van der Waals surface area contributed by atoms with Crippen LogP contribution < -0.4 is 10.1 Å². The first-order valence-corrected chi connectivity index (χ1v) is 15.5. The normalized spacial score (nSPS) is 16.7. The molecule has 1 unspecified atom stereocenters. The Morgan fingerprint density at radius 1 is 1.14 bits per heavy atom. The fraction of sp³-hybridized carbons (Fsp3) is 0.548. The first-order valence-electron chi connectivity index (χ1n) is 14.7. The predicted octanol–water partition coefficient (Wildman–Crippen LogP) is 5.49. The molecule has 0 radical (unpaired) electrons. The van der Waals surface area contributed by atoms with Crippen LogP contribution in [0.5, 0.6) is 5.88 Å². The standard InChI is InChI=1S/C31H42N4O6S/c1-7-38-27(39-8-2)17-40-26-16-25(41-34-26)28(19(3)4)31(37)35-15-9-10-24(35)30(36)33-20(5)22-11-13-23(14-12-22)29-21(6)32-18-42-29/h11-14,16,18-20,24,27-28H,7-10,15,17H2,1-6H3,(H,33,36)/t20-,24-,28?/m0/s1. The Morgan fingerprint density at radius 3 is 2.48 bits per heavy atom. The zero-order valence-corrected chi connectivity index (χ0v) is 26.1. The highest BCUT2D eigenvalue weighted by Gasteiger charge is 2.40. The Kier molecular flexibility index (Phi) is 11.1. The summed E-state index contributed by atoms with van der Waals surface area (Å²) in [7, 11) is 0. The van der Waals surface area contributed by atoms with Crippen LogP contribution in [-0.2, 0) is 19.1 Å². The summed E-state index contributed by atoms with van der Waals surface area (Å²) in [6, 6.07) is 9.06. The quantitative estimate of drug-likeness (QED) is 0.242. The first-order chi connectivity index (χ1) is 20.2. The number of aryl methyl sites for hydroxylation is 1. The van der Waals surface area contributed by atoms with E-state index in [2.05, 4.69) is 27.6 Å². The zero-order chi connectivity index (χ0) is 30.2. The highest BCUT2D eigenvalue weighted by atomic mass is 32.1. The molecule has 1 fully saturated rings. The molecule has 3 atom stereocenters. The molecule has 0 bridgehead atoms. The maximum absolute atomic E-state index is 13.9. The fourth-order valence-electron chi connectivity index (χ4n) is 5.27. The lowest BCUT2D eigenvalue weighted by molar-refractivity contribution is -0.153. The number of benzene rings is 1. The van der Waals surface area contributed by atoms with Crippen molar-refractivity contribution < 1.29 is 28.3 Å². The van der Waals surface area contributed by atoms with Crippen LogP contribution in [0, 0.1) is 12.8 Å². The number of ether oxygens (including phenoxy) is 3. The Morgan fingerprint density at radius 2 is 1.86 bits per heavy atom. The van der Waals surface area contributed by atoms with Gasteiger partial charge in [-0.1, -0.05) is 38.1 Å². The third kappa shape index (κ3) is 7.56. The van der Waals surface area contributed by atoms with Crippen LogP contribution in [0.2, 0.25) is 0 Å². The molecule has 1 N–H and O–H groups in total. The summed E-state index contributed by atoms with van der Waals surface area (Å²) in [4.78, 5) is 34.5. The molecule has 3 heterocycles. The van der Waals surface area contributed by atoms with Crippen LogP contribution >= 0.6 is 11.3 Å². The van der Waals surface area contributed by atoms with E-state index in [0.717, 1.165) is 28.1 Å². The number of likely N-dealkylation sites (tertiary alicyclic amines) is 1. The molecule has 1 aliphatic rings. The first kappa shape index (κ1) is 31.7. The van der Waals surface area contributed by atoms with Crippen molar-refractivity contribution in [3.63, 3.8) is 0 Å². The molecule has 0 saturated carbocycles. The van der Waals surface area contributed by atoms with E-state index in [9.17, 15) is 9.59 Å². The second-order valence-corrected chi connectivity index (χ2v) is 11.6. The second-order valence-electron chi connectivity index (χ2n) is 10.7. The van der Waals surface area contributed by atoms with Crippen molar-refractivity contribution in [2.75, 3.05) is 26.4 Å². The summed E-state index contributed by atoms with van der Waals surface area (Å²) in [5.74, 6) is -0.319. The van der Waals surface area contributed by atoms with Gasteiger partial charge in [0.25, 0.3) is 5.88 Å². The van der Waals surface area contributed by atoms with Gasteiger partial charge < -0.3 is 29.0 Å². The molecule has 4 rings (SSSR count). The summed E-state index contributed by atoms with van der Waals surface area (Å²) in [5.41, 5.74) is 4.95. The molecular formula is C31H42N4O6S. The molecule has 42 heavy (non-hydrogen) atoms. The van der Waals surface area contributed by atoms with Crippen LogP contribution in [0.15, 0.2) is 40.4 Å². The molecule has 3 aromatic rings.